The van der Waals surface area contributed by atoms with Gasteiger partial charge in [-0.25, -0.2) is 8.42 Å². The average Bonchev–Trinajstić information content (AvgIpc) is 2.43. The Balaban J connectivity index is 2.06. The van der Waals surface area contributed by atoms with E-state index in [0.717, 1.165) is 0 Å². The third kappa shape index (κ3) is 0.909. The largest absolute Gasteiger partial charge is 0.393 e. The summed E-state index contributed by atoms with van der Waals surface area (Å²) in [5.41, 5.74) is -0.563. The van der Waals surface area contributed by atoms with Crippen molar-refractivity contribution in [2.45, 2.75) is 6.92 Å². The van der Waals surface area contributed by atoms with Gasteiger partial charge in [-0.3, -0.25) is 9.59 Å². The highest BCUT2D eigenvalue weighted by molar-refractivity contribution is 7.91. The number of ether oxygens (including phenoxy) is 1. The molecule has 5 nitrogen and oxygen atoms in total. The summed E-state index contributed by atoms with van der Waals surface area (Å²) in [6, 6.07) is 0. The maximum absolute atomic E-state index is 11.5. The van der Waals surface area contributed by atoms with Crippen molar-refractivity contribution in [3.63, 3.8) is 0 Å². The Hall–Kier alpha value is -0.910. The molecule has 82 valence electrons. The quantitative estimate of drug-likeness (QED) is 0.409. The SMILES string of the molecule is CC12CS(=O)(=O)CC1C1C(=O)OC(=O)C12. The van der Waals surface area contributed by atoms with Crippen LogP contribution in [0.1, 0.15) is 6.92 Å². The molecular formula is C9H10O5S. The van der Waals surface area contributed by atoms with Gasteiger partial charge in [0.15, 0.2) is 9.84 Å². The fourth-order valence-electron chi connectivity index (χ4n) is 3.41. The van der Waals surface area contributed by atoms with Gasteiger partial charge >= 0.3 is 11.9 Å². The van der Waals surface area contributed by atoms with Crippen molar-refractivity contribution in [1.29, 1.82) is 0 Å². The van der Waals surface area contributed by atoms with Gasteiger partial charge in [0.25, 0.3) is 0 Å². The van der Waals surface area contributed by atoms with E-state index in [1.807, 2.05) is 0 Å². The number of carbonyl (C=O) groups is 2. The summed E-state index contributed by atoms with van der Waals surface area (Å²) in [6.45, 7) is 1.77. The molecule has 15 heavy (non-hydrogen) atoms. The number of hydrogen-bond donors (Lipinski definition) is 0. The molecule has 0 aromatic carbocycles. The van der Waals surface area contributed by atoms with Gasteiger partial charge in [-0.15, -0.1) is 0 Å². The Morgan fingerprint density at radius 2 is 2.00 bits per heavy atom. The highest BCUT2D eigenvalue weighted by Gasteiger charge is 2.73. The molecule has 0 aromatic rings. The van der Waals surface area contributed by atoms with Crippen LogP contribution >= 0.6 is 0 Å². The Morgan fingerprint density at radius 3 is 2.67 bits per heavy atom. The normalized spacial score (nSPS) is 50.6. The first-order chi connectivity index (χ1) is 6.85. The van der Waals surface area contributed by atoms with Gasteiger partial charge in [0.05, 0.1) is 23.3 Å². The molecule has 0 spiro atoms. The number of fused-ring (bicyclic) bond motifs is 4. The zero-order valence-electron chi connectivity index (χ0n) is 8.10. The van der Waals surface area contributed by atoms with E-state index in [1.165, 1.54) is 0 Å². The van der Waals surface area contributed by atoms with Crippen molar-refractivity contribution in [1.82, 2.24) is 0 Å². The highest BCUT2D eigenvalue weighted by atomic mass is 32.2. The molecule has 3 fully saturated rings. The second-order valence-electron chi connectivity index (χ2n) is 4.91. The number of hydrogen-bond acceptors (Lipinski definition) is 5. The molecule has 1 saturated carbocycles. The van der Waals surface area contributed by atoms with E-state index >= 15 is 0 Å². The summed E-state index contributed by atoms with van der Waals surface area (Å²) in [4.78, 5) is 22.7. The van der Waals surface area contributed by atoms with E-state index < -0.39 is 39.0 Å². The maximum atomic E-state index is 11.5. The van der Waals surface area contributed by atoms with Gasteiger partial charge in [-0.2, -0.15) is 0 Å². The highest BCUT2D eigenvalue weighted by Crippen LogP contribution is 2.63. The van der Waals surface area contributed by atoms with Crippen molar-refractivity contribution in [3.8, 4) is 0 Å². The van der Waals surface area contributed by atoms with Crippen LogP contribution in [0.2, 0.25) is 0 Å². The molecule has 0 amide bonds. The smallest absolute Gasteiger partial charge is 0.318 e. The van der Waals surface area contributed by atoms with Crippen LogP contribution in [0.15, 0.2) is 0 Å². The Labute approximate surface area is 86.7 Å². The summed E-state index contributed by atoms with van der Waals surface area (Å²) in [6.07, 6.45) is 0. The van der Waals surface area contributed by atoms with Crippen molar-refractivity contribution < 1.29 is 22.7 Å². The van der Waals surface area contributed by atoms with Gasteiger partial charge in [-0.1, -0.05) is 6.92 Å². The van der Waals surface area contributed by atoms with E-state index in [0.29, 0.717) is 0 Å². The lowest BCUT2D eigenvalue weighted by Gasteiger charge is -2.48. The molecule has 4 atom stereocenters. The van der Waals surface area contributed by atoms with E-state index in [2.05, 4.69) is 4.74 Å². The van der Waals surface area contributed by atoms with E-state index in [4.69, 9.17) is 0 Å². The molecule has 0 aromatic heterocycles. The van der Waals surface area contributed by atoms with Crippen molar-refractivity contribution >= 4 is 21.8 Å². The van der Waals surface area contributed by atoms with Gasteiger partial charge < -0.3 is 4.74 Å². The molecule has 0 bridgehead atoms. The zero-order valence-corrected chi connectivity index (χ0v) is 8.91. The third-order valence-electron chi connectivity index (χ3n) is 4.04. The predicted molar refractivity (Wildman–Crippen MR) is 48.3 cm³/mol. The van der Waals surface area contributed by atoms with Crippen molar-refractivity contribution in [2.24, 2.45) is 23.2 Å². The summed E-state index contributed by atoms with van der Waals surface area (Å²) >= 11 is 0. The van der Waals surface area contributed by atoms with Crippen LogP contribution in [0.25, 0.3) is 0 Å². The minimum atomic E-state index is -3.09. The number of cyclic esters (lactones) is 2. The van der Waals surface area contributed by atoms with Crippen LogP contribution in [-0.4, -0.2) is 31.9 Å². The maximum Gasteiger partial charge on any atom is 0.318 e. The van der Waals surface area contributed by atoms with Crippen LogP contribution in [0.4, 0.5) is 0 Å². The number of rotatable bonds is 0. The molecule has 2 saturated heterocycles. The second kappa shape index (κ2) is 2.26. The topological polar surface area (TPSA) is 77.5 Å². The monoisotopic (exact) mass is 230 g/mol. The van der Waals surface area contributed by atoms with Gasteiger partial charge in [0.1, 0.15) is 0 Å². The predicted octanol–water partition coefficient (Wildman–Crippen LogP) is -0.633. The standard InChI is InChI=1S/C9H10O5S/c1-9-3-15(12,13)2-4(9)5-6(9)8(11)14-7(5)10/h4-6H,2-3H2,1H3. The van der Waals surface area contributed by atoms with Crippen molar-refractivity contribution in [2.75, 3.05) is 11.5 Å². The van der Waals surface area contributed by atoms with E-state index in [-0.39, 0.29) is 17.4 Å². The number of sulfone groups is 1. The first kappa shape index (κ1) is 9.33. The second-order valence-corrected chi connectivity index (χ2v) is 7.02. The molecular weight excluding hydrogens is 220 g/mol. The van der Waals surface area contributed by atoms with Crippen LogP contribution in [0, 0.1) is 23.2 Å². The minimum absolute atomic E-state index is 0.00815. The number of carbonyl (C=O) groups excluding carboxylic acids is 2. The molecule has 0 N–H and O–H groups in total. The molecule has 3 aliphatic rings. The third-order valence-corrected chi connectivity index (χ3v) is 5.97. The Kier molecular flexibility index (Phi) is 1.41. The fraction of sp³-hybridized carbons (Fsp3) is 0.778. The Bertz CT molecular complexity index is 479. The first-order valence-electron chi connectivity index (χ1n) is 4.81. The first-order valence-corrected chi connectivity index (χ1v) is 6.63. The fourth-order valence-corrected chi connectivity index (χ4v) is 6.00. The molecule has 4 unspecified atom stereocenters. The molecule has 0 radical (unpaired) electrons. The van der Waals surface area contributed by atoms with E-state index in [9.17, 15) is 18.0 Å². The van der Waals surface area contributed by atoms with Gasteiger partial charge in [0.2, 0.25) is 0 Å². The Morgan fingerprint density at radius 1 is 1.33 bits per heavy atom. The summed E-state index contributed by atoms with van der Waals surface area (Å²) in [5, 5.41) is 0. The molecule has 3 rings (SSSR count). The summed E-state index contributed by atoms with van der Waals surface area (Å²) in [7, 11) is -3.09. The van der Waals surface area contributed by atoms with Gasteiger partial charge in [-0.05, 0) is 5.92 Å². The van der Waals surface area contributed by atoms with Crippen molar-refractivity contribution in [3.05, 3.63) is 0 Å². The lowest BCUT2D eigenvalue weighted by atomic mass is 9.50. The summed E-state index contributed by atoms with van der Waals surface area (Å²) < 4.78 is 27.5. The van der Waals surface area contributed by atoms with Gasteiger partial charge in [0, 0.05) is 5.41 Å². The van der Waals surface area contributed by atoms with Crippen LogP contribution < -0.4 is 0 Å². The zero-order chi connectivity index (χ0) is 11.0. The lowest BCUT2D eigenvalue weighted by Crippen LogP contribution is -2.55. The van der Waals surface area contributed by atoms with E-state index in [1.54, 1.807) is 6.92 Å². The van der Waals surface area contributed by atoms with Crippen LogP contribution in [0.5, 0.6) is 0 Å². The average molecular weight is 230 g/mol. The molecule has 2 heterocycles. The lowest BCUT2D eigenvalue weighted by molar-refractivity contribution is -0.153. The molecule has 6 heteroatoms. The molecule has 2 aliphatic heterocycles. The summed E-state index contributed by atoms with van der Waals surface area (Å²) in [5.74, 6) is -2.29. The number of esters is 2. The van der Waals surface area contributed by atoms with Crippen LogP contribution in [0.3, 0.4) is 0 Å². The minimum Gasteiger partial charge on any atom is -0.393 e. The van der Waals surface area contributed by atoms with Crippen LogP contribution in [-0.2, 0) is 24.2 Å². The molecule has 1 aliphatic carbocycles.